The smallest absolute Gasteiger partial charge is 0.323 e. The zero-order valence-electron chi connectivity index (χ0n) is 25.4. The first-order valence-electron chi connectivity index (χ1n) is 15.3. The molecule has 5 rings (SSSR count). The number of nitrogens with zero attached hydrogens (tertiary/aromatic N) is 3. The molecular weight excluding hydrogens is 534 g/mol. The first-order valence-corrected chi connectivity index (χ1v) is 17.3. The number of sulfone groups is 1. The maximum Gasteiger partial charge on any atom is 0.323 e. The molecular formula is C33H47N3O4S. The molecule has 3 aliphatic rings. The molecule has 0 radical (unpaired) electrons. The van der Waals surface area contributed by atoms with Gasteiger partial charge < -0.3 is 14.9 Å². The zero-order valence-corrected chi connectivity index (χ0v) is 26.2. The Labute approximate surface area is 246 Å². The quantitative estimate of drug-likeness (QED) is 0.402. The van der Waals surface area contributed by atoms with E-state index >= 15 is 0 Å². The summed E-state index contributed by atoms with van der Waals surface area (Å²) < 4.78 is 24.5. The highest BCUT2D eigenvalue weighted by Gasteiger charge is 2.71. The molecule has 7 nitrogen and oxygen atoms in total. The normalized spacial score (nSPS) is 27.2. The molecule has 2 aromatic rings. The monoisotopic (exact) mass is 581 g/mol. The van der Waals surface area contributed by atoms with Crippen molar-refractivity contribution in [3.05, 3.63) is 65.7 Å². The van der Waals surface area contributed by atoms with Crippen molar-refractivity contribution in [1.82, 2.24) is 9.80 Å². The fourth-order valence-electron chi connectivity index (χ4n) is 8.60. The Hall–Kier alpha value is -2.58. The lowest BCUT2D eigenvalue weighted by Crippen LogP contribution is -2.70. The standard InChI is InChI=1S/C33H47N3O4S/c1-6-31(7-2)32(36(33(38)18-13-19-33)29(37)35(31)24-25-41(5,39)40)22-20-30(21-23-32,27-15-9-8-10-16-27)34(4)28-17-12-11-14-26(28)3/h8-12,14-17,38H,6-7,13,18-25H2,1-5H3/t30-,32+. The molecule has 1 aliphatic heterocycles. The molecule has 2 aromatic carbocycles. The van der Waals surface area contributed by atoms with Crippen LogP contribution in [0.3, 0.4) is 0 Å². The Morgan fingerprint density at radius 3 is 2.00 bits per heavy atom. The van der Waals surface area contributed by atoms with Crippen LogP contribution < -0.4 is 4.90 Å². The number of rotatable bonds is 9. The molecule has 2 amide bonds. The SMILES string of the molecule is CCC1(CC)N(CCS(C)(=O)=O)C(=O)N(C2(O)CCC2)[C@]12CC[C@@](c1ccccc1)(N(C)c1ccccc1C)CC2. The van der Waals surface area contributed by atoms with Crippen LogP contribution in [0, 0.1) is 6.92 Å². The summed E-state index contributed by atoms with van der Waals surface area (Å²) in [5.41, 5.74) is 1.04. The summed E-state index contributed by atoms with van der Waals surface area (Å²) in [4.78, 5) is 20.5. The fourth-order valence-corrected chi connectivity index (χ4v) is 9.11. The number of hydrogen-bond donors (Lipinski definition) is 1. The average molecular weight is 582 g/mol. The Morgan fingerprint density at radius 1 is 0.902 bits per heavy atom. The van der Waals surface area contributed by atoms with Gasteiger partial charge in [0.1, 0.15) is 15.6 Å². The number of anilines is 1. The largest absolute Gasteiger partial charge is 0.371 e. The van der Waals surface area contributed by atoms with E-state index in [4.69, 9.17) is 0 Å². The van der Waals surface area contributed by atoms with Gasteiger partial charge in [0.2, 0.25) is 0 Å². The summed E-state index contributed by atoms with van der Waals surface area (Å²) in [5.74, 6) is -0.0766. The van der Waals surface area contributed by atoms with Crippen molar-refractivity contribution in [2.75, 3.05) is 30.5 Å². The maximum atomic E-state index is 14.4. The summed E-state index contributed by atoms with van der Waals surface area (Å²) in [6.07, 6.45) is 7.73. The third kappa shape index (κ3) is 4.56. The van der Waals surface area contributed by atoms with Gasteiger partial charge in [-0.05, 0) is 81.9 Å². The van der Waals surface area contributed by atoms with E-state index in [1.807, 2.05) is 9.80 Å². The fraction of sp³-hybridized carbons (Fsp3) is 0.606. The number of urea groups is 1. The Bertz CT molecular complexity index is 1360. The van der Waals surface area contributed by atoms with Crippen molar-refractivity contribution in [2.24, 2.45) is 0 Å². The van der Waals surface area contributed by atoms with E-state index in [1.54, 1.807) is 0 Å². The molecule has 0 atom stereocenters. The Kier molecular flexibility index (Phi) is 7.73. The maximum absolute atomic E-state index is 14.4. The summed E-state index contributed by atoms with van der Waals surface area (Å²) in [7, 11) is -1.08. The van der Waals surface area contributed by atoms with Gasteiger partial charge >= 0.3 is 6.03 Å². The molecule has 1 saturated heterocycles. The Balaban J connectivity index is 1.62. The second kappa shape index (κ2) is 10.6. The minimum Gasteiger partial charge on any atom is -0.371 e. The van der Waals surface area contributed by atoms with Crippen LogP contribution in [0.4, 0.5) is 10.5 Å². The topological polar surface area (TPSA) is 81.2 Å². The van der Waals surface area contributed by atoms with Crippen molar-refractivity contribution in [2.45, 2.75) is 101 Å². The predicted octanol–water partition coefficient (Wildman–Crippen LogP) is 5.85. The molecule has 2 aliphatic carbocycles. The second-order valence-electron chi connectivity index (χ2n) is 12.7. The number of hydrogen-bond acceptors (Lipinski definition) is 5. The van der Waals surface area contributed by atoms with Gasteiger partial charge in [0.15, 0.2) is 0 Å². The van der Waals surface area contributed by atoms with Crippen molar-refractivity contribution in [3.63, 3.8) is 0 Å². The second-order valence-corrected chi connectivity index (χ2v) is 15.0. The highest BCUT2D eigenvalue weighted by molar-refractivity contribution is 7.90. The van der Waals surface area contributed by atoms with Gasteiger partial charge in [-0.15, -0.1) is 0 Å². The van der Waals surface area contributed by atoms with Crippen LogP contribution in [-0.2, 0) is 15.4 Å². The lowest BCUT2D eigenvalue weighted by molar-refractivity contribution is -0.186. The summed E-state index contributed by atoms with van der Waals surface area (Å²) >= 11 is 0. The van der Waals surface area contributed by atoms with Crippen LogP contribution >= 0.6 is 0 Å². The number of para-hydroxylation sites is 1. The van der Waals surface area contributed by atoms with E-state index in [9.17, 15) is 18.3 Å². The van der Waals surface area contributed by atoms with Crippen molar-refractivity contribution in [1.29, 1.82) is 0 Å². The molecule has 0 unspecified atom stereocenters. The van der Waals surface area contributed by atoms with Gasteiger partial charge in [-0.2, -0.15) is 0 Å². The first-order chi connectivity index (χ1) is 19.4. The van der Waals surface area contributed by atoms with E-state index in [0.29, 0.717) is 25.7 Å². The minimum atomic E-state index is -3.27. The average Bonchev–Trinajstić information content (AvgIpc) is 3.14. The number of benzene rings is 2. The van der Waals surface area contributed by atoms with Crippen LogP contribution in [0.15, 0.2) is 54.6 Å². The van der Waals surface area contributed by atoms with E-state index in [2.05, 4.69) is 87.3 Å². The van der Waals surface area contributed by atoms with Crippen LogP contribution in [0.25, 0.3) is 0 Å². The van der Waals surface area contributed by atoms with Gasteiger partial charge in [-0.1, -0.05) is 62.4 Å². The summed E-state index contributed by atoms with van der Waals surface area (Å²) in [6.45, 7) is 6.55. The van der Waals surface area contributed by atoms with Crippen LogP contribution in [0.5, 0.6) is 0 Å². The van der Waals surface area contributed by atoms with Gasteiger partial charge in [0, 0.05) is 25.5 Å². The highest BCUT2D eigenvalue weighted by Crippen LogP contribution is 2.61. The molecule has 3 fully saturated rings. The minimum absolute atomic E-state index is 0.0766. The van der Waals surface area contributed by atoms with Crippen LogP contribution in [0.1, 0.15) is 82.8 Å². The van der Waals surface area contributed by atoms with Gasteiger partial charge in [-0.25, -0.2) is 13.2 Å². The molecule has 224 valence electrons. The molecule has 1 heterocycles. The van der Waals surface area contributed by atoms with Crippen LogP contribution in [0.2, 0.25) is 0 Å². The third-order valence-corrected chi connectivity index (χ3v) is 11.9. The molecule has 1 N–H and O–H groups in total. The molecule has 2 saturated carbocycles. The van der Waals surface area contributed by atoms with Crippen molar-refractivity contribution < 1.29 is 18.3 Å². The predicted molar refractivity (Wildman–Crippen MR) is 165 cm³/mol. The van der Waals surface area contributed by atoms with Gasteiger partial charge in [0.05, 0.1) is 22.4 Å². The molecule has 1 spiro atoms. The van der Waals surface area contributed by atoms with E-state index in [-0.39, 0.29) is 23.9 Å². The van der Waals surface area contributed by atoms with Gasteiger partial charge in [0.25, 0.3) is 0 Å². The summed E-state index contributed by atoms with van der Waals surface area (Å²) in [5, 5.41) is 11.9. The van der Waals surface area contributed by atoms with E-state index < -0.39 is 26.6 Å². The molecule has 41 heavy (non-hydrogen) atoms. The molecule has 0 aromatic heterocycles. The van der Waals surface area contributed by atoms with Gasteiger partial charge in [-0.3, -0.25) is 4.90 Å². The molecule has 8 heteroatoms. The zero-order chi connectivity index (χ0) is 29.7. The molecule has 0 bridgehead atoms. The Morgan fingerprint density at radius 2 is 1.49 bits per heavy atom. The first kappa shape index (κ1) is 29.9. The van der Waals surface area contributed by atoms with E-state index in [0.717, 1.165) is 32.1 Å². The number of amides is 2. The van der Waals surface area contributed by atoms with Crippen molar-refractivity contribution >= 4 is 21.6 Å². The summed E-state index contributed by atoms with van der Waals surface area (Å²) in [6, 6.07) is 19.0. The number of carbonyl (C=O) groups is 1. The van der Waals surface area contributed by atoms with E-state index in [1.165, 1.54) is 23.1 Å². The lowest BCUT2D eigenvalue weighted by Gasteiger charge is -2.61. The number of aliphatic hydroxyl groups is 1. The lowest BCUT2D eigenvalue weighted by atomic mass is 9.59. The third-order valence-electron chi connectivity index (χ3n) is 11.0. The number of aryl methyl sites for hydroxylation is 1. The number of carbonyl (C=O) groups excluding carboxylic acids is 1. The van der Waals surface area contributed by atoms with Crippen LogP contribution in [-0.4, -0.2) is 71.8 Å². The van der Waals surface area contributed by atoms with Crippen molar-refractivity contribution in [3.8, 4) is 0 Å². The highest BCUT2D eigenvalue weighted by atomic mass is 32.2.